The molecule has 0 saturated heterocycles. The monoisotopic (exact) mass is 623 g/mol. The van der Waals surface area contributed by atoms with Gasteiger partial charge in [-0.25, -0.2) is 9.59 Å². The van der Waals surface area contributed by atoms with Crippen LogP contribution in [-0.4, -0.2) is 73.6 Å². The average Bonchev–Trinajstić information content (AvgIpc) is 3.32. The van der Waals surface area contributed by atoms with E-state index >= 15 is 0 Å². The SMILES string of the molecule is CC(C)[C@H](NC(=O)OCC1c2ccccc2-c2ccccc21)C(=O)N[C@@H](C)C(=O)OCC(=O)N[C@@H](CCCN=C(N)N)C(N)=O. The first kappa shape index (κ1) is 34.4. The second-order valence-electron chi connectivity index (χ2n) is 11.0. The highest BCUT2D eigenvalue weighted by molar-refractivity contribution is 5.91. The molecule has 242 valence electrons. The molecule has 3 atom stereocenters. The van der Waals surface area contributed by atoms with E-state index in [1.165, 1.54) is 6.92 Å². The maximum absolute atomic E-state index is 13.0. The number of nitrogens with one attached hydrogen (secondary N) is 3. The first-order valence-corrected chi connectivity index (χ1v) is 14.6. The first-order valence-electron chi connectivity index (χ1n) is 14.6. The lowest BCUT2D eigenvalue weighted by Gasteiger charge is -2.24. The molecule has 0 fully saturated rings. The van der Waals surface area contributed by atoms with Crippen LogP contribution >= 0.6 is 0 Å². The van der Waals surface area contributed by atoms with Crippen molar-refractivity contribution >= 4 is 35.7 Å². The van der Waals surface area contributed by atoms with Crippen molar-refractivity contribution in [2.45, 2.75) is 57.7 Å². The summed E-state index contributed by atoms with van der Waals surface area (Å²) in [5, 5.41) is 7.47. The van der Waals surface area contributed by atoms with Crippen LogP contribution in [0.1, 0.15) is 50.7 Å². The van der Waals surface area contributed by atoms with E-state index in [1.807, 2.05) is 48.5 Å². The van der Waals surface area contributed by atoms with Gasteiger partial charge in [0.15, 0.2) is 12.6 Å². The van der Waals surface area contributed by atoms with E-state index in [2.05, 4.69) is 20.9 Å². The zero-order valence-electron chi connectivity index (χ0n) is 25.6. The van der Waals surface area contributed by atoms with Gasteiger partial charge in [-0.05, 0) is 47.9 Å². The third kappa shape index (κ3) is 9.68. The highest BCUT2D eigenvalue weighted by Gasteiger charge is 2.31. The van der Waals surface area contributed by atoms with Crippen LogP contribution in [0.5, 0.6) is 0 Å². The number of aliphatic imine (C=N–C) groups is 1. The molecule has 2 aromatic carbocycles. The highest BCUT2D eigenvalue weighted by Crippen LogP contribution is 2.44. The molecular formula is C31H41N7O7. The summed E-state index contributed by atoms with van der Waals surface area (Å²) in [7, 11) is 0. The molecule has 9 N–H and O–H groups in total. The Bertz CT molecular complexity index is 1380. The summed E-state index contributed by atoms with van der Waals surface area (Å²) in [5.41, 5.74) is 20.1. The lowest BCUT2D eigenvalue weighted by molar-refractivity contribution is -0.151. The molecule has 0 saturated carbocycles. The molecule has 1 aliphatic rings. The number of guanidine groups is 1. The number of primary amides is 1. The van der Waals surface area contributed by atoms with Gasteiger partial charge in [0.25, 0.3) is 5.91 Å². The third-order valence-corrected chi connectivity index (χ3v) is 7.25. The minimum atomic E-state index is -1.15. The summed E-state index contributed by atoms with van der Waals surface area (Å²) in [6, 6.07) is 12.7. The van der Waals surface area contributed by atoms with Gasteiger partial charge in [0.1, 0.15) is 24.7 Å². The molecule has 45 heavy (non-hydrogen) atoms. The normalized spacial score (nSPS) is 13.8. The van der Waals surface area contributed by atoms with E-state index in [-0.39, 0.29) is 37.4 Å². The van der Waals surface area contributed by atoms with Crippen LogP contribution in [-0.2, 0) is 28.7 Å². The smallest absolute Gasteiger partial charge is 0.407 e. The van der Waals surface area contributed by atoms with E-state index in [0.29, 0.717) is 6.42 Å². The van der Waals surface area contributed by atoms with Crippen molar-refractivity contribution in [3.8, 4) is 11.1 Å². The molecule has 1 aliphatic carbocycles. The molecule has 4 amide bonds. The Labute approximate surface area is 261 Å². The predicted molar refractivity (Wildman–Crippen MR) is 166 cm³/mol. The molecule has 14 heteroatoms. The molecule has 0 spiro atoms. The zero-order chi connectivity index (χ0) is 33.1. The van der Waals surface area contributed by atoms with Crippen molar-refractivity contribution in [1.82, 2.24) is 16.0 Å². The molecule has 2 aromatic rings. The highest BCUT2D eigenvalue weighted by atomic mass is 16.5. The van der Waals surface area contributed by atoms with E-state index in [1.54, 1.807) is 13.8 Å². The van der Waals surface area contributed by atoms with Gasteiger partial charge in [-0.1, -0.05) is 62.4 Å². The Hall–Kier alpha value is -5.14. The maximum Gasteiger partial charge on any atom is 0.407 e. The quantitative estimate of drug-likeness (QED) is 0.0706. The number of ether oxygens (including phenoxy) is 2. The number of nitrogens with zero attached hydrogens (tertiary/aromatic N) is 1. The van der Waals surface area contributed by atoms with Crippen LogP contribution in [0, 0.1) is 5.92 Å². The number of rotatable bonds is 15. The van der Waals surface area contributed by atoms with Crippen LogP contribution < -0.4 is 33.2 Å². The average molecular weight is 624 g/mol. The van der Waals surface area contributed by atoms with Crippen LogP contribution in [0.4, 0.5) is 4.79 Å². The van der Waals surface area contributed by atoms with Gasteiger partial charge in [-0.3, -0.25) is 19.4 Å². The number of fused-ring (bicyclic) bond motifs is 3. The fraction of sp³-hybridized carbons (Fsp3) is 0.419. The zero-order valence-corrected chi connectivity index (χ0v) is 25.6. The number of carbonyl (C=O) groups is 5. The number of hydrogen-bond donors (Lipinski definition) is 6. The standard InChI is InChI=1S/C31H41N7O7/c1-17(2)26(38-31(43)45-15-23-21-11-6-4-9-19(21)20-10-5-7-12-22(20)23)28(41)36-18(3)29(42)44-16-25(39)37-24(27(32)40)13-8-14-35-30(33)34/h4-7,9-12,17-18,23-24,26H,8,13-16H2,1-3H3,(H2,32,40)(H,36,41)(H,37,39)(H,38,43)(H4,33,34,35)/t18-,24-,26-/m0/s1. The van der Waals surface area contributed by atoms with Crippen LogP contribution in [0.3, 0.4) is 0 Å². The molecule has 0 unspecified atom stereocenters. The lowest BCUT2D eigenvalue weighted by atomic mass is 9.98. The second kappa shape index (κ2) is 16.1. The number of esters is 1. The maximum atomic E-state index is 13.0. The fourth-order valence-corrected chi connectivity index (χ4v) is 4.95. The molecule has 0 radical (unpaired) electrons. The van der Waals surface area contributed by atoms with Gasteiger partial charge in [-0.15, -0.1) is 0 Å². The largest absolute Gasteiger partial charge is 0.454 e. The van der Waals surface area contributed by atoms with Gasteiger partial charge in [0.2, 0.25) is 11.8 Å². The van der Waals surface area contributed by atoms with Crippen molar-refractivity contribution < 1.29 is 33.4 Å². The van der Waals surface area contributed by atoms with Crippen molar-refractivity contribution in [3.05, 3.63) is 59.7 Å². The van der Waals surface area contributed by atoms with Crippen LogP contribution in [0.25, 0.3) is 11.1 Å². The first-order chi connectivity index (χ1) is 21.4. The van der Waals surface area contributed by atoms with Gasteiger partial charge < -0.3 is 42.6 Å². The minimum absolute atomic E-state index is 0.0734. The van der Waals surface area contributed by atoms with Crippen LogP contribution in [0.15, 0.2) is 53.5 Å². The third-order valence-electron chi connectivity index (χ3n) is 7.25. The minimum Gasteiger partial charge on any atom is -0.454 e. The summed E-state index contributed by atoms with van der Waals surface area (Å²) >= 11 is 0. The van der Waals surface area contributed by atoms with Crippen molar-refractivity contribution in [3.63, 3.8) is 0 Å². The van der Waals surface area contributed by atoms with Crippen molar-refractivity contribution in [2.75, 3.05) is 19.8 Å². The summed E-state index contributed by atoms with van der Waals surface area (Å²) in [6.07, 6.45) is -0.235. The Morgan fingerprint density at radius 2 is 1.44 bits per heavy atom. The number of alkyl carbamates (subject to hydrolysis) is 1. The number of amides is 4. The summed E-state index contributed by atoms with van der Waals surface area (Å²) < 4.78 is 10.6. The number of benzene rings is 2. The van der Waals surface area contributed by atoms with Crippen LogP contribution in [0.2, 0.25) is 0 Å². The number of nitrogens with two attached hydrogens (primary N) is 3. The van der Waals surface area contributed by atoms with Gasteiger partial charge in [0.05, 0.1) is 0 Å². The summed E-state index contributed by atoms with van der Waals surface area (Å²) in [6.45, 7) is 4.44. The summed E-state index contributed by atoms with van der Waals surface area (Å²) in [5.74, 6) is -3.67. The Balaban J connectivity index is 1.48. The molecule has 14 nitrogen and oxygen atoms in total. The topological polar surface area (TPSA) is 230 Å². The molecular weight excluding hydrogens is 582 g/mol. The lowest BCUT2D eigenvalue weighted by Crippen LogP contribution is -2.53. The Morgan fingerprint density at radius 3 is 2.00 bits per heavy atom. The van der Waals surface area contributed by atoms with E-state index in [0.717, 1.165) is 22.3 Å². The molecule has 3 rings (SSSR count). The van der Waals surface area contributed by atoms with Gasteiger partial charge in [0, 0.05) is 12.5 Å². The van der Waals surface area contributed by atoms with Gasteiger partial charge >= 0.3 is 12.1 Å². The predicted octanol–water partition coefficient (Wildman–Crippen LogP) is 0.621. The molecule has 0 aromatic heterocycles. The Kier molecular flexibility index (Phi) is 12.3. The fourth-order valence-electron chi connectivity index (χ4n) is 4.95. The second-order valence-corrected chi connectivity index (χ2v) is 11.0. The number of hydrogen-bond acceptors (Lipinski definition) is 8. The van der Waals surface area contributed by atoms with Crippen molar-refractivity contribution in [1.29, 1.82) is 0 Å². The van der Waals surface area contributed by atoms with E-state index in [4.69, 9.17) is 26.7 Å². The Morgan fingerprint density at radius 1 is 0.844 bits per heavy atom. The van der Waals surface area contributed by atoms with Crippen molar-refractivity contribution in [2.24, 2.45) is 28.1 Å². The molecule has 0 bridgehead atoms. The molecule has 0 aliphatic heterocycles. The van der Waals surface area contributed by atoms with Gasteiger partial charge in [-0.2, -0.15) is 0 Å². The summed E-state index contributed by atoms with van der Waals surface area (Å²) in [4.78, 5) is 66.0. The molecule has 0 heterocycles. The van der Waals surface area contributed by atoms with E-state index in [9.17, 15) is 24.0 Å². The van der Waals surface area contributed by atoms with E-state index < -0.39 is 54.5 Å². The number of carbonyl (C=O) groups excluding carboxylic acids is 5.